The van der Waals surface area contributed by atoms with Crippen molar-refractivity contribution in [2.75, 3.05) is 0 Å². The summed E-state index contributed by atoms with van der Waals surface area (Å²) in [4.78, 5) is 11.5. The Kier molecular flexibility index (Phi) is 8.79. The molecule has 0 bridgehead atoms. The highest BCUT2D eigenvalue weighted by molar-refractivity contribution is 5.94. The van der Waals surface area contributed by atoms with Gasteiger partial charge in [0.15, 0.2) is 5.78 Å². The average molecular weight is 342 g/mol. The molecule has 2 rings (SSSR count). The smallest absolute Gasteiger partial charge is 0.157 e. The van der Waals surface area contributed by atoms with E-state index >= 15 is 0 Å². The summed E-state index contributed by atoms with van der Waals surface area (Å²) in [6, 6.07) is 11.4. The zero-order chi connectivity index (χ0) is 17.9. The molecule has 1 aromatic rings. The molecule has 0 unspecified atom stereocenters. The third kappa shape index (κ3) is 7.46. The van der Waals surface area contributed by atoms with E-state index in [4.69, 9.17) is 0 Å². The van der Waals surface area contributed by atoms with Crippen LogP contribution in [0.2, 0.25) is 0 Å². The number of ketones is 1. The zero-order valence-corrected chi connectivity index (χ0v) is 16.2. The number of carbonyl (C=O) groups excluding carboxylic acids is 1. The van der Waals surface area contributed by atoms with E-state index < -0.39 is 0 Å². The molecule has 1 aromatic carbocycles. The van der Waals surface area contributed by atoms with E-state index in [1.54, 1.807) is 6.92 Å². The summed E-state index contributed by atoms with van der Waals surface area (Å²) in [5, 5.41) is 3.54. The minimum absolute atomic E-state index is 0.232. The molecular weight excluding hydrogens is 306 g/mol. The quantitative estimate of drug-likeness (QED) is 0.503. The van der Waals surface area contributed by atoms with Gasteiger partial charge in [-0.3, -0.25) is 4.79 Å². The Morgan fingerprint density at radius 3 is 2.28 bits per heavy atom. The fourth-order valence-corrected chi connectivity index (χ4v) is 3.88. The van der Waals surface area contributed by atoms with E-state index in [0.717, 1.165) is 24.1 Å². The first-order chi connectivity index (χ1) is 12.2. The lowest BCUT2D eigenvalue weighted by atomic mass is 9.93. The fraction of sp³-hybridized carbons (Fsp3) is 0.609. The summed E-state index contributed by atoms with van der Waals surface area (Å²) in [6.07, 6.45) is 14.0. The molecule has 1 N–H and O–H groups in total. The van der Waals surface area contributed by atoms with Crippen molar-refractivity contribution >= 4 is 5.78 Å². The molecule has 1 aliphatic heterocycles. The molecule has 0 aromatic heterocycles. The second-order valence-electron chi connectivity index (χ2n) is 7.54. The van der Waals surface area contributed by atoms with Crippen LogP contribution in [0.3, 0.4) is 0 Å². The highest BCUT2D eigenvalue weighted by atomic mass is 16.1. The van der Waals surface area contributed by atoms with Gasteiger partial charge in [-0.15, -0.1) is 0 Å². The van der Waals surface area contributed by atoms with Crippen molar-refractivity contribution < 1.29 is 4.79 Å². The molecule has 1 heterocycles. The van der Waals surface area contributed by atoms with Crippen LogP contribution in [0.5, 0.6) is 0 Å². The SMILES string of the molecule is CC(=O)C1=C(C)N[C@@H](CCCCCCCCCc2ccccc2)CC1. The molecule has 138 valence electrons. The van der Waals surface area contributed by atoms with Crippen molar-refractivity contribution in [3.05, 3.63) is 47.2 Å². The molecule has 25 heavy (non-hydrogen) atoms. The van der Waals surface area contributed by atoms with Crippen molar-refractivity contribution in [1.82, 2.24) is 5.32 Å². The number of hydrogen-bond donors (Lipinski definition) is 1. The van der Waals surface area contributed by atoms with E-state index in [1.165, 1.54) is 63.4 Å². The van der Waals surface area contributed by atoms with Crippen molar-refractivity contribution in [3.8, 4) is 0 Å². The normalized spacial score (nSPS) is 17.4. The Balaban J connectivity index is 1.44. The number of benzene rings is 1. The average Bonchev–Trinajstić information content (AvgIpc) is 2.61. The van der Waals surface area contributed by atoms with Gasteiger partial charge in [0.25, 0.3) is 0 Å². The van der Waals surface area contributed by atoms with Crippen LogP contribution in [0.15, 0.2) is 41.6 Å². The van der Waals surface area contributed by atoms with E-state index in [-0.39, 0.29) is 5.78 Å². The van der Waals surface area contributed by atoms with Crippen LogP contribution >= 0.6 is 0 Å². The Labute approximate surface area is 154 Å². The molecule has 2 heteroatoms. The largest absolute Gasteiger partial charge is 0.386 e. The van der Waals surface area contributed by atoms with Gasteiger partial charge in [0, 0.05) is 17.3 Å². The van der Waals surface area contributed by atoms with Crippen LogP contribution < -0.4 is 5.32 Å². The number of rotatable bonds is 11. The summed E-state index contributed by atoms with van der Waals surface area (Å²) < 4.78 is 0. The molecule has 0 saturated carbocycles. The third-order valence-electron chi connectivity index (χ3n) is 5.40. The molecule has 1 atom stereocenters. The minimum Gasteiger partial charge on any atom is -0.386 e. The van der Waals surface area contributed by atoms with Crippen molar-refractivity contribution in [2.24, 2.45) is 0 Å². The number of hydrogen-bond acceptors (Lipinski definition) is 2. The zero-order valence-electron chi connectivity index (χ0n) is 16.2. The number of nitrogens with one attached hydrogen (secondary N) is 1. The predicted octanol–water partition coefficient (Wildman–Crippen LogP) is 5.96. The molecule has 0 amide bonds. The van der Waals surface area contributed by atoms with Crippen LogP contribution in [0.1, 0.15) is 83.6 Å². The highest BCUT2D eigenvalue weighted by Gasteiger charge is 2.19. The van der Waals surface area contributed by atoms with Gasteiger partial charge in [-0.1, -0.05) is 68.9 Å². The second kappa shape index (κ2) is 11.1. The van der Waals surface area contributed by atoms with Gasteiger partial charge in [-0.2, -0.15) is 0 Å². The number of unbranched alkanes of at least 4 members (excludes halogenated alkanes) is 6. The minimum atomic E-state index is 0.232. The number of Topliss-reactive ketones (excluding diaryl/α,β-unsaturated/α-hetero) is 1. The Bertz CT molecular complexity index is 546. The number of allylic oxidation sites excluding steroid dienone is 2. The van der Waals surface area contributed by atoms with Crippen LogP contribution in [0, 0.1) is 0 Å². The summed E-state index contributed by atoms with van der Waals surface area (Å²) >= 11 is 0. The highest BCUT2D eigenvalue weighted by Crippen LogP contribution is 2.22. The summed E-state index contributed by atoms with van der Waals surface area (Å²) in [7, 11) is 0. The van der Waals surface area contributed by atoms with E-state index in [2.05, 4.69) is 42.6 Å². The van der Waals surface area contributed by atoms with Crippen molar-refractivity contribution in [2.45, 2.75) is 90.5 Å². The topological polar surface area (TPSA) is 29.1 Å². The fourth-order valence-electron chi connectivity index (χ4n) is 3.88. The molecule has 0 aliphatic carbocycles. The van der Waals surface area contributed by atoms with Crippen LogP contribution in [-0.4, -0.2) is 11.8 Å². The van der Waals surface area contributed by atoms with Gasteiger partial charge in [0.1, 0.15) is 0 Å². The van der Waals surface area contributed by atoms with Gasteiger partial charge < -0.3 is 5.32 Å². The van der Waals surface area contributed by atoms with Crippen molar-refractivity contribution in [3.63, 3.8) is 0 Å². The maximum absolute atomic E-state index is 11.5. The first-order valence-electron chi connectivity index (χ1n) is 10.2. The first kappa shape index (κ1) is 19.8. The maximum atomic E-state index is 11.5. The lowest BCUT2D eigenvalue weighted by Crippen LogP contribution is -2.33. The Hall–Kier alpha value is -1.57. The van der Waals surface area contributed by atoms with Crippen LogP contribution in [0.4, 0.5) is 0 Å². The molecule has 0 fully saturated rings. The van der Waals surface area contributed by atoms with E-state index in [0.29, 0.717) is 6.04 Å². The Morgan fingerprint density at radius 2 is 1.64 bits per heavy atom. The molecule has 0 spiro atoms. The monoisotopic (exact) mass is 341 g/mol. The standard InChI is InChI=1S/C23H35NO/c1-19-23(20(2)25)18-17-22(24-19)16-12-7-5-3-4-6-9-13-21-14-10-8-11-15-21/h8,10-11,14-15,22,24H,3-7,9,12-13,16-18H2,1-2H3/t22-/m0/s1. The van der Waals surface area contributed by atoms with Gasteiger partial charge in [-0.05, 0) is 51.5 Å². The molecule has 0 radical (unpaired) electrons. The van der Waals surface area contributed by atoms with Crippen molar-refractivity contribution in [1.29, 1.82) is 0 Å². The molecular formula is C23H35NO. The van der Waals surface area contributed by atoms with Gasteiger partial charge in [0.05, 0.1) is 0 Å². The second-order valence-corrected chi connectivity index (χ2v) is 7.54. The lowest BCUT2D eigenvalue weighted by Gasteiger charge is -2.27. The van der Waals surface area contributed by atoms with E-state index in [1.807, 2.05) is 0 Å². The molecule has 1 aliphatic rings. The maximum Gasteiger partial charge on any atom is 0.157 e. The number of carbonyl (C=O) groups is 1. The summed E-state index contributed by atoms with van der Waals surface area (Å²) in [6.45, 7) is 3.74. The summed E-state index contributed by atoms with van der Waals surface area (Å²) in [5.74, 6) is 0.232. The van der Waals surface area contributed by atoms with Crippen LogP contribution in [0.25, 0.3) is 0 Å². The molecule has 2 nitrogen and oxygen atoms in total. The molecule has 0 saturated heterocycles. The lowest BCUT2D eigenvalue weighted by molar-refractivity contribution is -0.113. The summed E-state index contributed by atoms with van der Waals surface area (Å²) in [5.41, 5.74) is 3.59. The third-order valence-corrected chi connectivity index (χ3v) is 5.40. The van der Waals surface area contributed by atoms with Gasteiger partial charge in [0.2, 0.25) is 0 Å². The predicted molar refractivity (Wildman–Crippen MR) is 107 cm³/mol. The van der Waals surface area contributed by atoms with Gasteiger partial charge >= 0.3 is 0 Å². The number of aryl methyl sites for hydroxylation is 1. The Morgan fingerprint density at radius 1 is 1.00 bits per heavy atom. The van der Waals surface area contributed by atoms with Gasteiger partial charge in [-0.25, -0.2) is 0 Å². The van der Waals surface area contributed by atoms with E-state index in [9.17, 15) is 4.79 Å². The first-order valence-corrected chi connectivity index (χ1v) is 10.2. The van der Waals surface area contributed by atoms with Crippen LogP contribution in [-0.2, 0) is 11.2 Å².